The van der Waals surface area contributed by atoms with Crippen molar-refractivity contribution in [2.45, 2.75) is 19.4 Å². The molecule has 0 saturated carbocycles. The van der Waals surface area contributed by atoms with E-state index in [-0.39, 0.29) is 12.1 Å². The van der Waals surface area contributed by atoms with Crippen molar-refractivity contribution >= 4 is 11.7 Å². The van der Waals surface area contributed by atoms with E-state index >= 15 is 0 Å². The van der Waals surface area contributed by atoms with Gasteiger partial charge in [-0.05, 0) is 24.6 Å². The van der Waals surface area contributed by atoms with Gasteiger partial charge < -0.3 is 15.0 Å². The first kappa shape index (κ1) is 15.9. The van der Waals surface area contributed by atoms with E-state index in [4.69, 9.17) is 0 Å². The van der Waals surface area contributed by atoms with Gasteiger partial charge in [-0.15, -0.1) is 0 Å². The summed E-state index contributed by atoms with van der Waals surface area (Å²) in [6.07, 6.45) is 3.63. The zero-order valence-corrected chi connectivity index (χ0v) is 13.0. The molecule has 0 spiro atoms. The maximum Gasteiger partial charge on any atom is 0.290 e. The second kappa shape index (κ2) is 6.27. The zero-order valence-electron chi connectivity index (χ0n) is 13.0. The zero-order chi connectivity index (χ0) is 17.3. The average Bonchev–Trinajstić information content (AvgIpc) is 3.13. The number of aliphatic hydroxyl groups excluding tert-OH is 1. The topological polar surface area (TPSA) is 86.3 Å². The molecule has 124 valence electrons. The molecule has 2 N–H and O–H groups in total. The molecule has 1 unspecified atom stereocenters. The van der Waals surface area contributed by atoms with Crippen molar-refractivity contribution in [2.24, 2.45) is 0 Å². The minimum Gasteiger partial charge on any atom is -0.503 e. The Balaban J connectivity index is 1.96. The van der Waals surface area contributed by atoms with Crippen LogP contribution in [0.3, 0.4) is 0 Å². The molecule has 0 aliphatic carbocycles. The van der Waals surface area contributed by atoms with E-state index in [0.29, 0.717) is 12.0 Å². The Hall–Kier alpha value is -2.96. The first-order valence-corrected chi connectivity index (χ1v) is 7.46. The van der Waals surface area contributed by atoms with Gasteiger partial charge in [-0.1, -0.05) is 12.1 Å². The average molecular weight is 329 g/mol. The fraction of sp³-hybridized carbons (Fsp3) is 0.235. The highest BCUT2D eigenvalue weighted by molar-refractivity contribution is 6.08. The Kier molecular flexibility index (Phi) is 4.16. The van der Waals surface area contributed by atoms with Crippen LogP contribution < -0.4 is 0 Å². The largest absolute Gasteiger partial charge is 0.503 e. The number of ketones is 1. The number of aromatic amines is 1. The Morgan fingerprint density at radius 3 is 2.88 bits per heavy atom. The van der Waals surface area contributed by atoms with Gasteiger partial charge in [0.05, 0.1) is 17.9 Å². The van der Waals surface area contributed by atoms with Crippen LogP contribution in [-0.4, -0.2) is 38.2 Å². The summed E-state index contributed by atoms with van der Waals surface area (Å²) < 4.78 is 13.6. The third-order valence-electron chi connectivity index (χ3n) is 4.02. The predicted molar refractivity (Wildman–Crippen MR) is 83.5 cm³/mol. The number of Topliss-reactive ketones (excluding diaryl/α,β-unsaturated/α-hetero) is 1. The molecule has 7 heteroatoms. The van der Waals surface area contributed by atoms with Gasteiger partial charge in [0.15, 0.2) is 11.5 Å². The number of hydrogen-bond donors (Lipinski definition) is 2. The summed E-state index contributed by atoms with van der Waals surface area (Å²) in [4.78, 5) is 32.6. The van der Waals surface area contributed by atoms with Crippen LogP contribution in [0.2, 0.25) is 0 Å². The van der Waals surface area contributed by atoms with Crippen molar-refractivity contribution in [2.75, 3.05) is 6.54 Å². The lowest BCUT2D eigenvalue weighted by molar-refractivity contribution is -0.129. The summed E-state index contributed by atoms with van der Waals surface area (Å²) in [5.74, 6) is -2.09. The minimum absolute atomic E-state index is 0.00443. The van der Waals surface area contributed by atoms with Crippen molar-refractivity contribution in [3.05, 3.63) is 65.2 Å². The van der Waals surface area contributed by atoms with Gasteiger partial charge >= 0.3 is 0 Å². The molecular weight excluding hydrogens is 313 g/mol. The summed E-state index contributed by atoms with van der Waals surface area (Å²) >= 11 is 0. The van der Waals surface area contributed by atoms with E-state index in [0.717, 1.165) is 5.69 Å². The molecule has 2 aromatic rings. The molecule has 1 atom stereocenters. The van der Waals surface area contributed by atoms with Crippen molar-refractivity contribution in [1.82, 2.24) is 14.9 Å². The Bertz CT molecular complexity index is 814. The molecule has 1 amide bonds. The number of nitrogens with one attached hydrogen (secondary N) is 1. The normalized spacial score (nSPS) is 17.7. The maximum atomic E-state index is 13.6. The lowest BCUT2D eigenvalue weighted by Gasteiger charge is -2.26. The number of carbonyl (C=O) groups excluding carboxylic acids is 2. The highest BCUT2D eigenvalue weighted by Crippen LogP contribution is 2.37. The molecule has 0 bridgehead atoms. The summed E-state index contributed by atoms with van der Waals surface area (Å²) in [7, 11) is 0. The Morgan fingerprint density at radius 2 is 2.25 bits per heavy atom. The monoisotopic (exact) mass is 329 g/mol. The molecule has 1 aromatic carbocycles. The van der Waals surface area contributed by atoms with Gasteiger partial charge in [0, 0.05) is 24.9 Å². The standard InChI is InChI=1S/C17H16FN3O3/c1-10(22)14-15(11-3-2-4-12(18)7-11)21(17(24)16(14)23)6-5-13-8-19-9-20-13/h2-4,7-9,15,23H,5-6H2,1H3,(H,19,20). The molecule has 1 aliphatic rings. The van der Waals surface area contributed by atoms with E-state index < -0.39 is 29.3 Å². The van der Waals surface area contributed by atoms with Crippen LogP contribution in [-0.2, 0) is 16.0 Å². The van der Waals surface area contributed by atoms with Crippen LogP contribution in [0.4, 0.5) is 4.39 Å². The SMILES string of the molecule is CC(=O)C1=C(O)C(=O)N(CCc2cnc[nH]2)C1c1cccc(F)c1. The van der Waals surface area contributed by atoms with Gasteiger partial charge in [-0.25, -0.2) is 9.37 Å². The third-order valence-corrected chi connectivity index (χ3v) is 4.02. The molecule has 0 fully saturated rings. The van der Waals surface area contributed by atoms with E-state index in [1.807, 2.05) is 0 Å². The third kappa shape index (κ3) is 2.80. The molecular formula is C17H16FN3O3. The van der Waals surface area contributed by atoms with Gasteiger partial charge in [-0.3, -0.25) is 9.59 Å². The molecule has 0 saturated heterocycles. The molecule has 6 nitrogen and oxygen atoms in total. The summed E-state index contributed by atoms with van der Waals surface area (Å²) in [6, 6.07) is 4.89. The smallest absolute Gasteiger partial charge is 0.290 e. The number of nitrogens with zero attached hydrogens (tertiary/aromatic N) is 2. The van der Waals surface area contributed by atoms with Crippen molar-refractivity contribution in [3.63, 3.8) is 0 Å². The maximum absolute atomic E-state index is 13.6. The highest BCUT2D eigenvalue weighted by Gasteiger charge is 2.42. The predicted octanol–water partition coefficient (Wildman–Crippen LogP) is 2.08. The van der Waals surface area contributed by atoms with Crippen LogP contribution in [0.5, 0.6) is 0 Å². The second-order valence-electron chi connectivity index (χ2n) is 5.60. The van der Waals surface area contributed by atoms with Crippen LogP contribution in [0.15, 0.2) is 48.1 Å². The van der Waals surface area contributed by atoms with Crippen molar-refractivity contribution < 1.29 is 19.1 Å². The number of imidazole rings is 1. The fourth-order valence-electron chi connectivity index (χ4n) is 2.93. The second-order valence-corrected chi connectivity index (χ2v) is 5.60. The van der Waals surface area contributed by atoms with Crippen molar-refractivity contribution in [3.8, 4) is 0 Å². The van der Waals surface area contributed by atoms with Crippen molar-refractivity contribution in [1.29, 1.82) is 0 Å². The van der Waals surface area contributed by atoms with E-state index in [1.165, 1.54) is 36.4 Å². The Morgan fingerprint density at radius 1 is 1.46 bits per heavy atom. The van der Waals surface area contributed by atoms with E-state index in [1.54, 1.807) is 12.3 Å². The number of aliphatic hydroxyl groups is 1. The first-order chi connectivity index (χ1) is 11.5. The number of carbonyl (C=O) groups is 2. The fourth-order valence-corrected chi connectivity index (χ4v) is 2.93. The lowest BCUT2D eigenvalue weighted by atomic mass is 9.96. The Labute approximate surface area is 137 Å². The molecule has 24 heavy (non-hydrogen) atoms. The quantitative estimate of drug-likeness (QED) is 0.879. The highest BCUT2D eigenvalue weighted by atomic mass is 19.1. The van der Waals surface area contributed by atoms with Gasteiger partial charge in [0.1, 0.15) is 5.82 Å². The molecule has 3 rings (SSSR count). The number of hydrogen-bond acceptors (Lipinski definition) is 4. The lowest BCUT2D eigenvalue weighted by Crippen LogP contribution is -2.33. The molecule has 2 heterocycles. The van der Waals surface area contributed by atoms with E-state index in [2.05, 4.69) is 9.97 Å². The van der Waals surface area contributed by atoms with Gasteiger partial charge in [-0.2, -0.15) is 0 Å². The first-order valence-electron chi connectivity index (χ1n) is 7.46. The summed E-state index contributed by atoms with van der Waals surface area (Å²) in [5, 5.41) is 10.1. The van der Waals surface area contributed by atoms with Crippen LogP contribution in [0.1, 0.15) is 24.2 Å². The summed E-state index contributed by atoms with van der Waals surface area (Å²) in [5.41, 5.74) is 1.26. The van der Waals surface area contributed by atoms with Gasteiger partial charge in [0.25, 0.3) is 5.91 Å². The number of halogens is 1. The number of benzene rings is 1. The number of H-pyrrole nitrogens is 1. The number of rotatable bonds is 5. The number of amides is 1. The molecule has 0 radical (unpaired) electrons. The number of aromatic nitrogens is 2. The van der Waals surface area contributed by atoms with Crippen LogP contribution in [0.25, 0.3) is 0 Å². The minimum atomic E-state index is -0.798. The molecule has 1 aromatic heterocycles. The summed E-state index contributed by atoms with van der Waals surface area (Å²) in [6.45, 7) is 1.53. The molecule has 1 aliphatic heterocycles. The van der Waals surface area contributed by atoms with Gasteiger partial charge in [0.2, 0.25) is 0 Å². The van der Waals surface area contributed by atoms with E-state index in [9.17, 15) is 19.1 Å². The van der Waals surface area contributed by atoms with Crippen LogP contribution in [0, 0.1) is 5.82 Å². The van der Waals surface area contributed by atoms with Crippen LogP contribution >= 0.6 is 0 Å².